The summed E-state index contributed by atoms with van der Waals surface area (Å²) in [6.45, 7) is 2.69. The minimum atomic E-state index is -0.790. The molecule has 0 spiro atoms. The average Bonchev–Trinajstić information content (AvgIpc) is 3.03. The molecule has 0 heterocycles. The van der Waals surface area contributed by atoms with Gasteiger partial charge in [0.15, 0.2) is 0 Å². The van der Waals surface area contributed by atoms with Crippen LogP contribution in [0.25, 0.3) is 0 Å². The van der Waals surface area contributed by atoms with Gasteiger partial charge in [-0.2, -0.15) is 0 Å². The summed E-state index contributed by atoms with van der Waals surface area (Å²) in [5, 5.41) is 39.6. The zero-order valence-corrected chi connectivity index (χ0v) is 26.4. The highest BCUT2D eigenvalue weighted by atomic mass is 35.5. The zero-order chi connectivity index (χ0) is 32.3. The molecule has 4 rings (SSSR count). The highest BCUT2D eigenvalue weighted by molar-refractivity contribution is 6.42. The third kappa shape index (κ3) is 10.3. The van der Waals surface area contributed by atoms with Gasteiger partial charge in [0, 0.05) is 36.8 Å². The normalized spacial score (nSPS) is 12.4. The SMILES string of the molecule is C[C@H](Cc1cccc(CC(=O)NCc2ccc(C(=O)NCc3ccc(Cl)c(Cl)c3)cc2)c1)NC[C@@H](O)c1ccc(O)c(CO)c1. The monoisotopic (exact) mass is 649 g/mol. The average molecular weight is 651 g/mol. The Hall–Kier alpha value is -3.92. The van der Waals surface area contributed by atoms with Crippen LogP contribution in [0.3, 0.4) is 0 Å². The van der Waals surface area contributed by atoms with E-state index in [1.54, 1.807) is 42.5 Å². The van der Waals surface area contributed by atoms with E-state index >= 15 is 0 Å². The first-order chi connectivity index (χ1) is 21.6. The number of hydrogen-bond acceptors (Lipinski definition) is 6. The molecular weight excluding hydrogens is 613 g/mol. The van der Waals surface area contributed by atoms with Gasteiger partial charge in [-0.25, -0.2) is 0 Å². The van der Waals surface area contributed by atoms with Gasteiger partial charge >= 0.3 is 0 Å². The van der Waals surface area contributed by atoms with Gasteiger partial charge in [0.2, 0.25) is 5.91 Å². The van der Waals surface area contributed by atoms with E-state index in [-0.39, 0.29) is 36.6 Å². The Morgan fingerprint density at radius 1 is 0.800 bits per heavy atom. The molecule has 10 heteroatoms. The fourth-order valence-electron chi connectivity index (χ4n) is 4.82. The van der Waals surface area contributed by atoms with E-state index in [0.717, 1.165) is 22.3 Å². The Bertz CT molecular complexity index is 1610. The lowest BCUT2D eigenvalue weighted by atomic mass is 10.0. The van der Waals surface area contributed by atoms with Crippen molar-refractivity contribution < 1.29 is 24.9 Å². The van der Waals surface area contributed by atoms with E-state index in [0.29, 0.717) is 52.8 Å². The number of amides is 2. The molecule has 0 aliphatic heterocycles. The van der Waals surface area contributed by atoms with Gasteiger partial charge < -0.3 is 31.3 Å². The summed E-state index contributed by atoms with van der Waals surface area (Å²) in [6.07, 6.45) is 0.145. The van der Waals surface area contributed by atoms with Crippen LogP contribution in [0.1, 0.15) is 56.8 Å². The molecule has 4 aromatic carbocycles. The van der Waals surface area contributed by atoms with Crippen LogP contribution >= 0.6 is 23.2 Å². The smallest absolute Gasteiger partial charge is 0.251 e. The largest absolute Gasteiger partial charge is 0.508 e. The minimum Gasteiger partial charge on any atom is -0.508 e. The molecule has 6 N–H and O–H groups in total. The molecule has 0 bridgehead atoms. The number of aliphatic hydroxyl groups excluding tert-OH is 2. The lowest BCUT2D eigenvalue weighted by Crippen LogP contribution is -2.32. The van der Waals surface area contributed by atoms with E-state index in [4.69, 9.17) is 23.2 Å². The maximum atomic E-state index is 12.7. The number of carbonyl (C=O) groups excluding carboxylic acids is 2. The molecule has 0 aliphatic carbocycles. The summed E-state index contributed by atoms with van der Waals surface area (Å²) >= 11 is 12.0. The molecule has 0 aromatic heterocycles. The second-order valence-corrected chi connectivity index (χ2v) is 11.8. The van der Waals surface area contributed by atoms with Crippen LogP contribution in [0.15, 0.2) is 84.9 Å². The standard InChI is InChI=1S/C35H37Cl2N3O5/c1-22(38-20-33(43)28-10-12-32(42)29(17-28)21-41)13-24-3-2-4-25(14-24)16-34(44)39-18-23-5-8-27(9-6-23)35(45)40-19-26-7-11-30(36)31(37)15-26/h2-12,14-15,17,22,33,38,41-43H,13,16,18-21H2,1H3,(H,39,44)(H,40,45)/t22-,33-/m1/s1. The Morgan fingerprint density at radius 2 is 1.51 bits per heavy atom. The third-order valence-corrected chi connectivity index (χ3v) is 8.10. The number of benzene rings is 4. The zero-order valence-electron chi connectivity index (χ0n) is 24.9. The van der Waals surface area contributed by atoms with Crippen molar-refractivity contribution in [2.24, 2.45) is 0 Å². The summed E-state index contributed by atoms with van der Waals surface area (Å²) in [6, 6.07) is 24.9. The summed E-state index contributed by atoms with van der Waals surface area (Å²) in [4.78, 5) is 25.2. The van der Waals surface area contributed by atoms with Crippen LogP contribution in [0.5, 0.6) is 5.75 Å². The first kappa shape index (κ1) is 34.0. The number of rotatable bonds is 14. The maximum Gasteiger partial charge on any atom is 0.251 e. The van der Waals surface area contributed by atoms with Gasteiger partial charge in [-0.15, -0.1) is 0 Å². The molecule has 0 aliphatic rings. The molecule has 4 aromatic rings. The van der Waals surface area contributed by atoms with Crippen LogP contribution in [0.2, 0.25) is 10.0 Å². The van der Waals surface area contributed by atoms with Crippen LogP contribution in [0.4, 0.5) is 0 Å². The van der Waals surface area contributed by atoms with Gasteiger partial charge in [0.25, 0.3) is 5.91 Å². The highest BCUT2D eigenvalue weighted by Gasteiger charge is 2.13. The number of aliphatic hydroxyl groups is 2. The first-order valence-electron chi connectivity index (χ1n) is 14.6. The third-order valence-electron chi connectivity index (χ3n) is 7.36. The number of carbonyl (C=O) groups is 2. The van der Waals surface area contributed by atoms with Gasteiger partial charge in [-0.1, -0.05) is 71.7 Å². The van der Waals surface area contributed by atoms with Crippen LogP contribution in [-0.2, 0) is 37.3 Å². The van der Waals surface area contributed by atoms with E-state index in [9.17, 15) is 24.9 Å². The number of aromatic hydroxyl groups is 1. The predicted molar refractivity (Wildman–Crippen MR) is 176 cm³/mol. The van der Waals surface area contributed by atoms with Gasteiger partial charge in [-0.3, -0.25) is 9.59 Å². The molecular formula is C35H37Cl2N3O5. The van der Waals surface area contributed by atoms with Crippen molar-refractivity contribution in [3.05, 3.63) is 134 Å². The number of halogens is 2. The van der Waals surface area contributed by atoms with Gasteiger partial charge in [0.1, 0.15) is 5.75 Å². The Balaban J connectivity index is 1.20. The van der Waals surface area contributed by atoms with Crippen molar-refractivity contribution in [2.45, 2.75) is 51.6 Å². The molecule has 0 saturated carbocycles. The van der Waals surface area contributed by atoms with Crippen LogP contribution in [0, 0.1) is 0 Å². The minimum absolute atomic E-state index is 0.00258. The predicted octanol–water partition coefficient (Wildman–Crippen LogP) is 5.23. The number of nitrogens with one attached hydrogen (secondary N) is 3. The van der Waals surface area contributed by atoms with Crippen molar-refractivity contribution in [3.63, 3.8) is 0 Å². The van der Waals surface area contributed by atoms with E-state index in [1.165, 1.54) is 6.07 Å². The van der Waals surface area contributed by atoms with E-state index in [1.807, 2.05) is 43.3 Å². The van der Waals surface area contributed by atoms with Crippen molar-refractivity contribution in [1.82, 2.24) is 16.0 Å². The maximum absolute atomic E-state index is 12.7. The molecule has 45 heavy (non-hydrogen) atoms. The second kappa shape index (κ2) is 16.4. The molecule has 8 nitrogen and oxygen atoms in total. The fourth-order valence-corrected chi connectivity index (χ4v) is 5.14. The van der Waals surface area contributed by atoms with Crippen LogP contribution < -0.4 is 16.0 Å². The van der Waals surface area contributed by atoms with E-state index in [2.05, 4.69) is 16.0 Å². The lowest BCUT2D eigenvalue weighted by molar-refractivity contribution is -0.120. The first-order valence-corrected chi connectivity index (χ1v) is 15.4. The van der Waals surface area contributed by atoms with Crippen molar-refractivity contribution in [2.75, 3.05) is 6.54 Å². The Morgan fingerprint density at radius 3 is 2.24 bits per heavy atom. The van der Waals surface area contributed by atoms with Crippen molar-refractivity contribution >= 4 is 35.0 Å². The molecule has 0 fully saturated rings. The topological polar surface area (TPSA) is 131 Å². The molecule has 2 atom stereocenters. The molecule has 0 radical (unpaired) electrons. The fraction of sp³-hybridized carbons (Fsp3) is 0.257. The molecule has 2 amide bonds. The highest BCUT2D eigenvalue weighted by Crippen LogP contribution is 2.23. The van der Waals surface area contributed by atoms with Gasteiger partial charge in [0.05, 0.1) is 29.2 Å². The van der Waals surface area contributed by atoms with Crippen molar-refractivity contribution in [1.29, 1.82) is 0 Å². The second-order valence-electron chi connectivity index (χ2n) is 11.0. The van der Waals surface area contributed by atoms with Crippen molar-refractivity contribution in [3.8, 4) is 5.75 Å². The molecule has 236 valence electrons. The quantitative estimate of drug-likeness (QED) is 0.111. The Labute approximate surface area is 273 Å². The summed E-state index contributed by atoms with van der Waals surface area (Å²) < 4.78 is 0. The molecule has 0 saturated heterocycles. The summed E-state index contributed by atoms with van der Waals surface area (Å²) in [5.41, 5.74) is 5.17. The summed E-state index contributed by atoms with van der Waals surface area (Å²) in [5.74, 6) is -0.329. The van der Waals surface area contributed by atoms with Gasteiger partial charge in [-0.05, 0) is 77.6 Å². The number of hydrogen-bond donors (Lipinski definition) is 6. The molecule has 0 unspecified atom stereocenters. The van der Waals surface area contributed by atoms with Crippen LogP contribution in [-0.4, -0.2) is 39.7 Å². The van der Waals surface area contributed by atoms with E-state index < -0.39 is 6.10 Å². The summed E-state index contributed by atoms with van der Waals surface area (Å²) in [7, 11) is 0. The lowest BCUT2D eigenvalue weighted by Gasteiger charge is -2.18. The Kier molecular flexibility index (Phi) is 12.4. The number of phenols is 1.